The largest absolute Gasteiger partial charge is 0.461 e. The Bertz CT molecular complexity index is 1220. The molecule has 4 heteroatoms. The minimum Gasteiger partial charge on any atom is -0.461 e. The molecule has 184 valence electrons. The third kappa shape index (κ3) is 4.99. The first kappa shape index (κ1) is 24.0. The molecule has 3 aromatic rings. The number of hydrogen-bond acceptors (Lipinski definition) is 3. The summed E-state index contributed by atoms with van der Waals surface area (Å²) in [5, 5.41) is 0.820. The molecule has 0 bridgehead atoms. The second kappa shape index (κ2) is 10.1. The van der Waals surface area contributed by atoms with Gasteiger partial charge in [-0.1, -0.05) is 55.7 Å². The van der Waals surface area contributed by atoms with Crippen LogP contribution in [-0.2, 0) is 10.2 Å². The highest BCUT2D eigenvalue weighted by atomic mass is 19.1. The van der Waals surface area contributed by atoms with Gasteiger partial charge in [0.15, 0.2) is 0 Å². The Morgan fingerprint density at radius 3 is 2.60 bits per heavy atom. The van der Waals surface area contributed by atoms with Crippen LogP contribution in [0.15, 0.2) is 59.0 Å². The van der Waals surface area contributed by atoms with E-state index in [4.69, 9.17) is 4.42 Å². The van der Waals surface area contributed by atoms with Gasteiger partial charge in [-0.2, -0.15) is 0 Å². The standard InChI is InChI=1S/C31H36FNO2/c1-22-19-25-20-27(32)21-28(29(25)35-22)23-13-16-33(17-14-23)18-15-31(2,26-11-7-4-8-12-26)30(34)24-9-5-3-6-10-24/h4,7-8,11-13,19-21,24H,3,5-6,9-10,14-18H2,1-2H3. The van der Waals surface area contributed by atoms with Crippen LogP contribution in [0.3, 0.4) is 0 Å². The lowest BCUT2D eigenvalue weighted by molar-refractivity contribution is -0.129. The zero-order valence-corrected chi connectivity index (χ0v) is 21.0. The predicted octanol–water partition coefficient (Wildman–Crippen LogP) is 7.47. The summed E-state index contributed by atoms with van der Waals surface area (Å²) in [7, 11) is 0. The predicted molar refractivity (Wildman–Crippen MR) is 140 cm³/mol. The van der Waals surface area contributed by atoms with Crippen molar-refractivity contribution in [3.8, 4) is 0 Å². The SMILES string of the molecule is Cc1cc2cc(F)cc(C3=CCN(CCC(C)(C(=O)C4CCCCC4)c4ccccc4)CC3)c2o1. The summed E-state index contributed by atoms with van der Waals surface area (Å²) in [5.41, 5.74) is 3.46. The van der Waals surface area contributed by atoms with Crippen molar-refractivity contribution >= 4 is 22.3 Å². The summed E-state index contributed by atoms with van der Waals surface area (Å²) in [6.45, 7) is 6.62. The maximum Gasteiger partial charge on any atom is 0.146 e. The van der Waals surface area contributed by atoms with Gasteiger partial charge in [-0.25, -0.2) is 4.39 Å². The Morgan fingerprint density at radius 1 is 1.11 bits per heavy atom. The van der Waals surface area contributed by atoms with Crippen LogP contribution in [-0.4, -0.2) is 30.3 Å². The highest BCUT2D eigenvalue weighted by molar-refractivity contribution is 5.92. The van der Waals surface area contributed by atoms with Gasteiger partial charge < -0.3 is 4.42 Å². The molecule has 2 aliphatic rings. The fraction of sp³-hybridized carbons (Fsp3) is 0.452. The quantitative estimate of drug-likeness (QED) is 0.357. The van der Waals surface area contributed by atoms with E-state index in [1.165, 1.54) is 19.3 Å². The van der Waals surface area contributed by atoms with Gasteiger partial charge in [0.1, 0.15) is 22.9 Å². The van der Waals surface area contributed by atoms with E-state index in [2.05, 4.69) is 30.0 Å². The normalized spacial score (nSPS) is 19.5. The summed E-state index contributed by atoms with van der Waals surface area (Å²) < 4.78 is 20.2. The third-order valence-electron chi connectivity index (χ3n) is 8.20. The topological polar surface area (TPSA) is 33.5 Å². The van der Waals surface area contributed by atoms with Crippen LogP contribution in [0.2, 0.25) is 0 Å². The number of fused-ring (bicyclic) bond motifs is 1. The lowest BCUT2D eigenvalue weighted by atomic mass is 9.69. The van der Waals surface area contributed by atoms with Crippen molar-refractivity contribution in [1.82, 2.24) is 4.90 Å². The average Bonchev–Trinajstić information content (AvgIpc) is 3.27. The van der Waals surface area contributed by atoms with Crippen LogP contribution in [0.4, 0.5) is 4.39 Å². The molecule has 2 aromatic carbocycles. The molecule has 1 unspecified atom stereocenters. The maximum atomic E-state index is 14.3. The Morgan fingerprint density at radius 2 is 1.89 bits per heavy atom. The van der Waals surface area contributed by atoms with Crippen molar-refractivity contribution in [2.45, 2.75) is 64.2 Å². The molecule has 1 aromatic heterocycles. The first-order valence-corrected chi connectivity index (χ1v) is 13.2. The molecule has 3 nitrogen and oxygen atoms in total. The third-order valence-corrected chi connectivity index (χ3v) is 8.20. The lowest BCUT2D eigenvalue weighted by Crippen LogP contribution is -2.42. The Hall–Kier alpha value is -2.72. The molecule has 0 amide bonds. The number of benzene rings is 2. The summed E-state index contributed by atoms with van der Waals surface area (Å²) >= 11 is 0. The highest BCUT2D eigenvalue weighted by Gasteiger charge is 2.39. The first-order valence-electron chi connectivity index (χ1n) is 13.2. The van der Waals surface area contributed by atoms with Gasteiger partial charge in [-0.15, -0.1) is 0 Å². The van der Waals surface area contributed by atoms with Gasteiger partial charge in [0.05, 0.1) is 5.41 Å². The molecule has 2 heterocycles. The molecule has 1 aliphatic carbocycles. The van der Waals surface area contributed by atoms with E-state index in [1.807, 2.05) is 31.2 Å². The maximum absolute atomic E-state index is 14.3. The Labute approximate surface area is 208 Å². The number of rotatable bonds is 7. The monoisotopic (exact) mass is 473 g/mol. The fourth-order valence-electron chi connectivity index (χ4n) is 6.06. The highest BCUT2D eigenvalue weighted by Crippen LogP contribution is 2.37. The average molecular weight is 474 g/mol. The minimum absolute atomic E-state index is 0.189. The molecule has 0 radical (unpaired) electrons. The molecule has 35 heavy (non-hydrogen) atoms. The Kier molecular flexibility index (Phi) is 6.93. The Balaban J connectivity index is 1.32. The molecular weight excluding hydrogens is 437 g/mol. The van der Waals surface area contributed by atoms with Gasteiger partial charge in [-0.05, 0) is 75.4 Å². The van der Waals surface area contributed by atoms with Gasteiger partial charge >= 0.3 is 0 Å². The van der Waals surface area contributed by atoms with Crippen LogP contribution in [0.5, 0.6) is 0 Å². The van der Waals surface area contributed by atoms with Gasteiger partial charge in [0, 0.05) is 30.0 Å². The fourth-order valence-corrected chi connectivity index (χ4v) is 6.06. The van der Waals surface area contributed by atoms with Crippen molar-refractivity contribution in [3.63, 3.8) is 0 Å². The molecule has 1 fully saturated rings. The number of halogens is 1. The van der Waals surface area contributed by atoms with E-state index in [-0.39, 0.29) is 11.7 Å². The van der Waals surface area contributed by atoms with Crippen molar-refractivity contribution in [2.24, 2.45) is 5.92 Å². The second-order valence-corrected chi connectivity index (χ2v) is 10.7. The number of aryl methyl sites for hydroxylation is 1. The van der Waals surface area contributed by atoms with Crippen LogP contribution in [0.1, 0.15) is 68.8 Å². The number of carbonyl (C=O) groups excluding carboxylic acids is 1. The summed E-state index contributed by atoms with van der Waals surface area (Å²) in [4.78, 5) is 16.2. The van der Waals surface area contributed by atoms with E-state index in [0.29, 0.717) is 5.78 Å². The number of furan rings is 1. The molecule has 0 N–H and O–H groups in total. The van der Waals surface area contributed by atoms with E-state index in [9.17, 15) is 9.18 Å². The smallest absolute Gasteiger partial charge is 0.146 e. The van der Waals surface area contributed by atoms with Gasteiger partial charge in [0.25, 0.3) is 0 Å². The zero-order chi connectivity index (χ0) is 24.4. The van der Waals surface area contributed by atoms with Crippen molar-refractivity contribution in [3.05, 3.63) is 77.3 Å². The summed E-state index contributed by atoms with van der Waals surface area (Å²) in [5.74, 6) is 1.19. The molecular formula is C31H36FNO2. The van der Waals surface area contributed by atoms with Crippen LogP contribution in [0, 0.1) is 18.7 Å². The van der Waals surface area contributed by atoms with E-state index < -0.39 is 5.41 Å². The molecule has 1 atom stereocenters. The zero-order valence-electron chi connectivity index (χ0n) is 21.0. The number of carbonyl (C=O) groups is 1. The minimum atomic E-state index is -0.465. The summed E-state index contributed by atoms with van der Waals surface area (Å²) in [6.07, 6.45) is 9.53. The summed E-state index contributed by atoms with van der Waals surface area (Å²) in [6, 6.07) is 15.4. The second-order valence-electron chi connectivity index (χ2n) is 10.7. The van der Waals surface area contributed by atoms with Crippen LogP contribution < -0.4 is 0 Å². The van der Waals surface area contributed by atoms with Crippen molar-refractivity contribution in [2.75, 3.05) is 19.6 Å². The van der Waals surface area contributed by atoms with E-state index >= 15 is 0 Å². The molecule has 1 aliphatic heterocycles. The van der Waals surface area contributed by atoms with E-state index in [0.717, 1.165) is 78.7 Å². The molecule has 5 rings (SSSR count). The molecule has 0 spiro atoms. The number of ketones is 1. The lowest BCUT2D eigenvalue weighted by Gasteiger charge is -2.36. The number of Topliss-reactive ketones (excluding diaryl/α,β-unsaturated/α-hetero) is 1. The van der Waals surface area contributed by atoms with Crippen LogP contribution in [0.25, 0.3) is 16.5 Å². The molecule has 0 saturated heterocycles. The van der Waals surface area contributed by atoms with Crippen molar-refractivity contribution < 1.29 is 13.6 Å². The van der Waals surface area contributed by atoms with Gasteiger partial charge in [-0.3, -0.25) is 9.69 Å². The molecule has 1 saturated carbocycles. The number of nitrogens with zero attached hydrogens (tertiary/aromatic N) is 1. The van der Waals surface area contributed by atoms with Crippen molar-refractivity contribution in [1.29, 1.82) is 0 Å². The van der Waals surface area contributed by atoms with Crippen LogP contribution >= 0.6 is 0 Å². The first-order chi connectivity index (χ1) is 16.9. The van der Waals surface area contributed by atoms with E-state index in [1.54, 1.807) is 12.1 Å². The number of hydrogen-bond donors (Lipinski definition) is 0. The van der Waals surface area contributed by atoms with Gasteiger partial charge in [0.2, 0.25) is 0 Å².